The van der Waals surface area contributed by atoms with Crippen LogP contribution in [0.15, 0.2) is 29.3 Å². The van der Waals surface area contributed by atoms with Gasteiger partial charge in [-0.2, -0.15) is 0 Å². The smallest absolute Gasteiger partial charge is 0.194 e. The molecule has 0 amide bonds. The van der Waals surface area contributed by atoms with E-state index in [1.807, 2.05) is 25.1 Å². The zero-order valence-electron chi connectivity index (χ0n) is 14.5. The number of hydrogen-bond donors (Lipinski definition) is 1. The third-order valence-corrected chi connectivity index (χ3v) is 3.99. The second kappa shape index (κ2) is 9.40. The van der Waals surface area contributed by atoms with Crippen LogP contribution in [-0.4, -0.2) is 50.8 Å². The summed E-state index contributed by atoms with van der Waals surface area (Å²) in [5, 5.41) is 3.40. The molecule has 1 aliphatic rings. The van der Waals surface area contributed by atoms with Crippen molar-refractivity contribution >= 4 is 5.96 Å². The molecule has 1 aromatic rings. The second-order valence-corrected chi connectivity index (χ2v) is 5.77. The Morgan fingerprint density at radius 2 is 2.17 bits per heavy atom. The van der Waals surface area contributed by atoms with Crippen molar-refractivity contribution < 1.29 is 9.47 Å². The summed E-state index contributed by atoms with van der Waals surface area (Å²) in [7, 11) is 1.77. The molecule has 0 saturated carbocycles. The van der Waals surface area contributed by atoms with Crippen LogP contribution in [0.2, 0.25) is 0 Å². The Morgan fingerprint density at radius 1 is 1.35 bits per heavy atom. The first kappa shape index (κ1) is 17.6. The third kappa shape index (κ3) is 5.13. The van der Waals surface area contributed by atoms with Crippen molar-refractivity contribution in [1.82, 2.24) is 10.2 Å². The maximum absolute atomic E-state index is 5.68. The van der Waals surface area contributed by atoms with E-state index in [1.165, 1.54) is 0 Å². The summed E-state index contributed by atoms with van der Waals surface area (Å²) >= 11 is 0. The van der Waals surface area contributed by atoms with E-state index >= 15 is 0 Å². The molecule has 1 aliphatic heterocycles. The number of rotatable bonds is 7. The Hall–Kier alpha value is -1.75. The minimum absolute atomic E-state index is 0.597. The SMILES string of the molecule is CCNC(=NCc1ccccc1OCC)N1CCC(COC)C1. The van der Waals surface area contributed by atoms with Gasteiger partial charge in [0.1, 0.15) is 5.75 Å². The summed E-state index contributed by atoms with van der Waals surface area (Å²) in [6.07, 6.45) is 1.16. The normalized spacial score (nSPS) is 18.3. The zero-order valence-corrected chi connectivity index (χ0v) is 14.5. The van der Waals surface area contributed by atoms with Gasteiger partial charge in [0.05, 0.1) is 19.8 Å². The lowest BCUT2D eigenvalue weighted by atomic mass is 10.1. The van der Waals surface area contributed by atoms with Crippen LogP contribution >= 0.6 is 0 Å². The lowest BCUT2D eigenvalue weighted by molar-refractivity contribution is 0.157. The fraction of sp³-hybridized carbons (Fsp3) is 0.611. The summed E-state index contributed by atoms with van der Waals surface area (Å²) < 4.78 is 11.0. The summed E-state index contributed by atoms with van der Waals surface area (Å²) in [5.74, 6) is 2.50. The molecule has 1 fully saturated rings. The van der Waals surface area contributed by atoms with Gasteiger partial charge in [0.2, 0.25) is 0 Å². The van der Waals surface area contributed by atoms with Crippen LogP contribution < -0.4 is 10.1 Å². The lowest BCUT2D eigenvalue weighted by Gasteiger charge is -2.21. The summed E-state index contributed by atoms with van der Waals surface area (Å²) in [6.45, 7) is 9.15. The molecule has 1 aromatic carbocycles. The van der Waals surface area contributed by atoms with Gasteiger partial charge >= 0.3 is 0 Å². The first-order valence-corrected chi connectivity index (χ1v) is 8.51. The summed E-state index contributed by atoms with van der Waals surface area (Å²) in [5.41, 5.74) is 1.12. The van der Waals surface area contributed by atoms with Gasteiger partial charge in [-0.15, -0.1) is 0 Å². The Morgan fingerprint density at radius 3 is 2.91 bits per heavy atom. The molecule has 128 valence electrons. The van der Waals surface area contributed by atoms with Crippen molar-refractivity contribution in [3.8, 4) is 5.75 Å². The molecule has 1 heterocycles. The van der Waals surface area contributed by atoms with Gasteiger partial charge in [0.15, 0.2) is 5.96 Å². The molecule has 0 spiro atoms. The Bertz CT molecular complexity index is 505. The van der Waals surface area contributed by atoms with Crippen LogP contribution in [0.25, 0.3) is 0 Å². The highest BCUT2D eigenvalue weighted by molar-refractivity contribution is 5.80. The van der Waals surface area contributed by atoms with Crippen LogP contribution in [0.1, 0.15) is 25.8 Å². The van der Waals surface area contributed by atoms with E-state index in [0.717, 1.165) is 49.9 Å². The topological polar surface area (TPSA) is 46.1 Å². The highest BCUT2D eigenvalue weighted by atomic mass is 16.5. The minimum Gasteiger partial charge on any atom is -0.494 e. The average molecular weight is 319 g/mol. The number of methoxy groups -OCH3 is 1. The number of para-hydroxylation sites is 1. The third-order valence-electron chi connectivity index (χ3n) is 3.99. The molecule has 0 aromatic heterocycles. The maximum Gasteiger partial charge on any atom is 0.194 e. The number of likely N-dealkylation sites (tertiary alicyclic amines) is 1. The van der Waals surface area contributed by atoms with Crippen molar-refractivity contribution in [2.45, 2.75) is 26.8 Å². The van der Waals surface area contributed by atoms with Crippen LogP contribution in [0.3, 0.4) is 0 Å². The first-order chi connectivity index (χ1) is 11.3. The number of nitrogens with one attached hydrogen (secondary N) is 1. The number of hydrogen-bond acceptors (Lipinski definition) is 3. The molecule has 23 heavy (non-hydrogen) atoms. The first-order valence-electron chi connectivity index (χ1n) is 8.51. The van der Waals surface area contributed by atoms with Crippen molar-refractivity contribution in [3.05, 3.63) is 29.8 Å². The van der Waals surface area contributed by atoms with Gasteiger partial charge in [0, 0.05) is 38.2 Å². The Labute approximate surface area is 139 Å². The van der Waals surface area contributed by atoms with E-state index in [2.05, 4.69) is 23.2 Å². The monoisotopic (exact) mass is 319 g/mol. The van der Waals surface area contributed by atoms with Crippen LogP contribution in [0.4, 0.5) is 0 Å². The molecule has 5 nitrogen and oxygen atoms in total. The van der Waals surface area contributed by atoms with Crippen molar-refractivity contribution in [2.75, 3.05) is 40.0 Å². The largest absolute Gasteiger partial charge is 0.494 e. The highest BCUT2D eigenvalue weighted by Gasteiger charge is 2.24. The van der Waals surface area contributed by atoms with Gasteiger partial charge in [-0.3, -0.25) is 0 Å². The van der Waals surface area contributed by atoms with Crippen LogP contribution in [0, 0.1) is 5.92 Å². The molecule has 1 atom stereocenters. The van der Waals surface area contributed by atoms with E-state index < -0.39 is 0 Å². The predicted octanol–water partition coefficient (Wildman–Crippen LogP) is 2.52. The van der Waals surface area contributed by atoms with Gasteiger partial charge < -0.3 is 19.7 Å². The fourth-order valence-electron chi connectivity index (χ4n) is 2.91. The Kier molecular flexibility index (Phi) is 7.20. The molecular formula is C18H29N3O2. The summed E-state index contributed by atoms with van der Waals surface area (Å²) in [4.78, 5) is 7.14. The van der Waals surface area contributed by atoms with Crippen molar-refractivity contribution in [2.24, 2.45) is 10.9 Å². The molecular weight excluding hydrogens is 290 g/mol. The van der Waals surface area contributed by atoms with Gasteiger partial charge in [-0.25, -0.2) is 4.99 Å². The number of guanidine groups is 1. The lowest BCUT2D eigenvalue weighted by Crippen LogP contribution is -2.40. The second-order valence-electron chi connectivity index (χ2n) is 5.77. The molecule has 0 bridgehead atoms. The highest BCUT2D eigenvalue weighted by Crippen LogP contribution is 2.20. The van der Waals surface area contributed by atoms with Crippen molar-refractivity contribution in [1.29, 1.82) is 0 Å². The number of aliphatic imine (C=N–C) groups is 1. The maximum atomic E-state index is 5.68. The van der Waals surface area contributed by atoms with E-state index in [1.54, 1.807) is 7.11 Å². The molecule has 1 N–H and O–H groups in total. The van der Waals surface area contributed by atoms with E-state index in [-0.39, 0.29) is 0 Å². The molecule has 0 aliphatic carbocycles. The number of nitrogens with zero attached hydrogens (tertiary/aromatic N) is 2. The molecule has 2 rings (SSSR count). The molecule has 1 unspecified atom stereocenters. The van der Waals surface area contributed by atoms with Crippen LogP contribution in [-0.2, 0) is 11.3 Å². The van der Waals surface area contributed by atoms with Gasteiger partial charge in [-0.05, 0) is 26.3 Å². The minimum atomic E-state index is 0.597. The van der Waals surface area contributed by atoms with Gasteiger partial charge in [0.25, 0.3) is 0 Å². The van der Waals surface area contributed by atoms with Crippen LogP contribution in [0.5, 0.6) is 5.75 Å². The summed E-state index contributed by atoms with van der Waals surface area (Å²) in [6, 6.07) is 8.12. The predicted molar refractivity (Wildman–Crippen MR) is 94.0 cm³/mol. The quantitative estimate of drug-likeness (QED) is 0.620. The zero-order chi connectivity index (χ0) is 16.5. The standard InChI is InChI=1S/C18H29N3O2/c1-4-19-18(21-11-10-15(13-21)14-22-3)20-12-16-8-6-7-9-17(16)23-5-2/h6-9,15H,4-5,10-14H2,1-3H3,(H,19,20). The van der Waals surface area contributed by atoms with E-state index in [0.29, 0.717) is 19.1 Å². The van der Waals surface area contributed by atoms with Gasteiger partial charge in [-0.1, -0.05) is 18.2 Å². The fourth-order valence-corrected chi connectivity index (χ4v) is 2.91. The molecule has 1 saturated heterocycles. The average Bonchev–Trinajstić information content (AvgIpc) is 3.02. The number of ether oxygens (including phenoxy) is 2. The number of benzene rings is 1. The van der Waals surface area contributed by atoms with E-state index in [4.69, 9.17) is 14.5 Å². The molecule has 0 radical (unpaired) electrons. The Balaban J connectivity index is 2.04. The molecule has 5 heteroatoms. The van der Waals surface area contributed by atoms with E-state index in [9.17, 15) is 0 Å². The van der Waals surface area contributed by atoms with Crippen molar-refractivity contribution in [3.63, 3.8) is 0 Å².